The van der Waals surface area contributed by atoms with E-state index in [9.17, 15) is 0 Å². The largest absolute Gasteiger partial charge is 0.379 e. The molecule has 0 rings (SSSR count). The Balaban J connectivity index is 4.89. The van der Waals surface area contributed by atoms with Gasteiger partial charge in [-0.05, 0) is 0 Å². The van der Waals surface area contributed by atoms with E-state index in [1.54, 1.807) is 0 Å². The van der Waals surface area contributed by atoms with Crippen molar-refractivity contribution in [3.8, 4) is 0 Å². The minimum atomic E-state index is -3.22. The zero-order chi connectivity index (χ0) is 12.7. The molecule has 0 saturated heterocycles. The average Bonchev–Trinajstić information content (AvgIpc) is 1.77. The van der Waals surface area contributed by atoms with Gasteiger partial charge in [-0.25, -0.2) is 0 Å². The zero-order valence-electron chi connectivity index (χ0n) is 11.2. The van der Waals surface area contributed by atoms with E-state index in [-0.39, 0.29) is 0 Å². The molecule has 44 valence electrons. The molecule has 0 fully saturated rings. The van der Waals surface area contributed by atoms with Gasteiger partial charge in [0.05, 0.1) is 18.6 Å². The maximum Gasteiger partial charge on any atom is 0.0602 e. The summed E-state index contributed by atoms with van der Waals surface area (Å²) in [7, 11) is 0. The lowest BCUT2D eigenvalue weighted by Crippen LogP contribution is -1.97. The molecule has 0 unspecified atom stereocenters. The summed E-state index contributed by atoms with van der Waals surface area (Å²) in [5.41, 5.74) is 0. The van der Waals surface area contributed by atoms with E-state index in [1.165, 1.54) is 0 Å². The van der Waals surface area contributed by atoms with Crippen LogP contribution in [0.2, 0.25) is 0 Å². The molecule has 7 heavy (non-hydrogen) atoms. The summed E-state index contributed by atoms with van der Waals surface area (Å²) in [6.45, 7) is -6.44. The highest BCUT2D eigenvalue weighted by molar-refractivity contribution is 6.18. The third kappa shape index (κ3) is 6.54. The fourth-order valence-corrected chi connectivity index (χ4v) is 0.141. The summed E-state index contributed by atoms with van der Waals surface area (Å²) in [6.07, 6.45) is 0. The molecule has 0 aliphatic carbocycles. The molecule has 0 aromatic heterocycles. The quantitative estimate of drug-likeness (QED) is 0.553. The first kappa shape index (κ1) is 1.53. The van der Waals surface area contributed by atoms with Gasteiger partial charge in [0.25, 0.3) is 0 Å². The van der Waals surface area contributed by atoms with Gasteiger partial charge in [-0.2, -0.15) is 0 Å². The maximum atomic E-state index is 6.99. The summed E-state index contributed by atoms with van der Waals surface area (Å²) in [6, 6.07) is 0. The van der Waals surface area contributed by atoms with Gasteiger partial charge in [-0.1, -0.05) is 0 Å². The second kappa shape index (κ2) is 6.54. The van der Waals surface area contributed by atoms with E-state index in [2.05, 4.69) is 4.74 Å². The molecule has 0 aliphatic rings. The van der Waals surface area contributed by atoms with Crippen molar-refractivity contribution in [1.29, 1.82) is 0 Å². The molecule has 0 atom stereocenters. The van der Waals surface area contributed by atoms with E-state index in [0.717, 1.165) is 0 Å². The van der Waals surface area contributed by atoms with Gasteiger partial charge in [-0.3, -0.25) is 0 Å². The third-order valence-electron chi connectivity index (χ3n) is 0.179. The van der Waals surface area contributed by atoms with Crippen molar-refractivity contribution in [1.82, 2.24) is 0 Å². The second-order valence-electron chi connectivity index (χ2n) is 0.495. The van der Waals surface area contributed by atoms with E-state index < -0.39 is 24.8 Å². The Labute approximate surface area is 64.8 Å². The lowest BCUT2D eigenvalue weighted by atomic mass is 10.8. The molecule has 0 heterocycles. The number of hydrogen-bond donors (Lipinski definition) is 0. The molecule has 0 aliphatic heterocycles. The van der Waals surface area contributed by atoms with Crippen molar-refractivity contribution in [3.63, 3.8) is 0 Å². The van der Waals surface area contributed by atoms with Crippen LogP contribution in [-0.2, 0) is 4.74 Å². The van der Waals surface area contributed by atoms with Crippen LogP contribution in [0.3, 0.4) is 0 Å². The van der Waals surface area contributed by atoms with Crippen LogP contribution in [-0.4, -0.2) is 24.8 Å². The monoisotopic (exact) mass is 150 g/mol. The smallest absolute Gasteiger partial charge is 0.0602 e. The van der Waals surface area contributed by atoms with Crippen molar-refractivity contribution in [3.05, 3.63) is 0 Å². The SMILES string of the molecule is [2H]C([2H])(Cl)C([2H])([2H])OC([2H])([2H])C([2H])([2H])Cl. The summed E-state index contributed by atoms with van der Waals surface area (Å²) >= 11 is 9.96. The molecular formula is C4H8Cl2O. The Morgan fingerprint density at radius 2 is 1.71 bits per heavy atom. The zero-order valence-corrected chi connectivity index (χ0v) is 4.68. The van der Waals surface area contributed by atoms with Crippen LogP contribution in [0.5, 0.6) is 0 Å². The first-order chi connectivity index (χ1) is 6.21. The van der Waals surface area contributed by atoms with Crippen molar-refractivity contribution in [2.45, 2.75) is 0 Å². The van der Waals surface area contributed by atoms with Gasteiger partial charge < -0.3 is 4.74 Å². The number of rotatable bonds is 4. The first-order valence-corrected chi connectivity index (χ1v) is 2.04. The van der Waals surface area contributed by atoms with E-state index >= 15 is 0 Å². The van der Waals surface area contributed by atoms with Crippen LogP contribution >= 0.6 is 23.2 Å². The fourth-order valence-electron chi connectivity index (χ4n) is 0.0641. The number of ether oxygens (including phenoxy) is 1. The van der Waals surface area contributed by atoms with Crippen molar-refractivity contribution in [2.24, 2.45) is 0 Å². The standard InChI is InChI=1S/C4H8Cl2O/c5-1-3-7-4-2-6/h1-4H2/i1D2,2D2,3D2,4D2. The predicted octanol–water partition coefficient (Wildman–Crippen LogP) is 1.48. The van der Waals surface area contributed by atoms with E-state index in [1.807, 2.05) is 0 Å². The Morgan fingerprint density at radius 1 is 1.29 bits per heavy atom. The molecule has 0 saturated carbocycles. The first-order valence-electron chi connectivity index (χ1n) is 5.29. The lowest BCUT2D eigenvalue weighted by Gasteiger charge is -1.93. The average molecular weight is 151 g/mol. The predicted molar refractivity (Wildman–Crippen MR) is 32.3 cm³/mol. The lowest BCUT2D eigenvalue weighted by molar-refractivity contribution is 0.165. The highest BCUT2D eigenvalue weighted by Gasteiger charge is 1.80. The van der Waals surface area contributed by atoms with Crippen LogP contribution in [0.15, 0.2) is 0 Å². The van der Waals surface area contributed by atoms with Gasteiger partial charge in [0.1, 0.15) is 0 Å². The highest BCUT2D eigenvalue weighted by Crippen LogP contribution is 1.80. The fraction of sp³-hybridized carbons (Fsp3) is 1.00. The second-order valence-corrected chi connectivity index (χ2v) is 0.873. The number of hydrogen-bond acceptors (Lipinski definition) is 1. The molecule has 0 spiro atoms. The molecule has 0 bridgehead atoms. The Morgan fingerprint density at radius 3 is 2.00 bits per heavy atom. The van der Waals surface area contributed by atoms with E-state index in [4.69, 9.17) is 34.2 Å². The topological polar surface area (TPSA) is 9.23 Å². The molecular weight excluding hydrogens is 135 g/mol. The van der Waals surface area contributed by atoms with Gasteiger partial charge in [0.2, 0.25) is 0 Å². The Bertz CT molecular complexity index is 206. The summed E-state index contributed by atoms with van der Waals surface area (Å²) < 4.78 is 59.2. The molecule has 1 nitrogen and oxygen atoms in total. The number of alkyl halides is 2. The normalized spacial score (nSPS) is 34.6. The summed E-state index contributed by atoms with van der Waals surface area (Å²) in [5.74, 6) is -6.02. The molecule has 3 heteroatoms. The highest BCUT2D eigenvalue weighted by atomic mass is 35.5. The van der Waals surface area contributed by atoms with Crippen LogP contribution < -0.4 is 0 Å². The van der Waals surface area contributed by atoms with Crippen molar-refractivity contribution >= 4 is 23.2 Å². The van der Waals surface area contributed by atoms with Gasteiger partial charge >= 0.3 is 0 Å². The van der Waals surface area contributed by atoms with E-state index in [0.29, 0.717) is 0 Å². The van der Waals surface area contributed by atoms with Gasteiger partial charge in [0.15, 0.2) is 0 Å². The van der Waals surface area contributed by atoms with Crippen molar-refractivity contribution < 1.29 is 15.7 Å². The van der Waals surface area contributed by atoms with Crippen molar-refractivity contribution in [2.75, 3.05) is 24.8 Å². The minimum Gasteiger partial charge on any atom is -0.379 e. The summed E-state index contributed by atoms with van der Waals surface area (Å²) in [4.78, 5) is 0. The molecule has 0 N–H and O–H groups in total. The Kier molecular flexibility index (Phi) is 1.43. The molecule has 0 amide bonds. The Hall–Kier alpha value is 0.540. The van der Waals surface area contributed by atoms with Gasteiger partial charge in [-0.15, -0.1) is 23.2 Å². The van der Waals surface area contributed by atoms with Crippen LogP contribution in [0.25, 0.3) is 0 Å². The van der Waals surface area contributed by atoms with Crippen LogP contribution in [0, 0.1) is 0 Å². The van der Waals surface area contributed by atoms with Crippen LogP contribution in [0.4, 0.5) is 0 Å². The minimum absolute atomic E-state index is 3.01. The van der Waals surface area contributed by atoms with Gasteiger partial charge in [0, 0.05) is 17.1 Å². The molecule has 0 aromatic rings. The third-order valence-corrected chi connectivity index (χ3v) is 0.334. The number of halogens is 2. The molecule has 0 aromatic carbocycles. The molecule has 0 radical (unpaired) electrons. The maximum absolute atomic E-state index is 6.99. The summed E-state index contributed by atoms with van der Waals surface area (Å²) in [5, 5.41) is 0. The van der Waals surface area contributed by atoms with Crippen LogP contribution in [0.1, 0.15) is 11.0 Å².